The molecule has 4 heteroatoms. The fraction of sp³-hybridized carbons (Fsp3) is 0.417. The van der Waals surface area contributed by atoms with E-state index in [4.69, 9.17) is 4.74 Å². The van der Waals surface area contributed by atoms with E-state index in [1.165, 1.54) is 12.1 Å². The molecule has 0 heterocycles. The Morgan fingerprint density at radius 3 is 2.81 bits per heavy atom. The van der Waals surface area contributed by atoms with E-state index in [1.54, 1.807) is 13.0 Å². The Morgan fingerprint density at radius 2 is 2.25 bits per heavy atom. The first-order valence-corrected chi connectivity index (χ1v) is 5.92. The first kappa shape index (κ1) is 13.3. The summed E-state index contributed by atoms with van der Waals surface area (Å²) in [5.74, 6) is -0.324. The molecule has 0 spiro atoms. The van der Waals surface area contributed by atoms with Crippen molar-refractivity contribution in [1.29, 1.82) is 0 Å². The van der Waals surface area contributed by atoms with Gasteiger partial charge in [-0.2, -0.15) is 0 Å². The number of halogens is 2. The van der Waals surface area contributed by atoms with Gasteiger partial charge in [0.15, 0.2) is 5.78 Å². The summed E-state index contributed by atoms with van der Waals surface area (Å²) in [6.07, 6.45) is -0.163. The van der Waals surface area contributed by atoms with Crippen LogP contribution in [0.5, 0.6) is 0 Å². The molecular weight excluding hydrogens is 275 g/mol. The van der Waals surface area contributed by atoms with Gasteiger partial charge in [0.05, 0.1) is 0 Å². The van der Waals surface area contributed by atoms with Gasteiger partial charge in [0, 0.05) is 17.5 Å². The van der Waals surface area contributed by atoms with Gasteiger partial charge < -0.3 is 4.74 Å². The number of ketones is 1. The smallest absolute Gasteiger partial charge is 0.165 e. The van der Waals surface area contributed by atoms with E-state index in [0.29, 0.717) is 11.1 Å². The number of benzene rings is 1. The lowest BCUT2D eigenvalue weighted by molar-refractivity contribution is -0.128. The predicted octanol–water partition coefficient (Wildman–Crippen LogP) is 3.12. The van der Waals surface area contributed by atoms with Crippen molar-refractivity contribution in [3.8, 4) is 0 Å². The van der Waals surface area contributed by atoms with Crippen LogP contribution in [0.2, 0.25) is 0 Å². The van der Waals surface area contributed by atoms with Crippen LogP contribution < -0.4 is 0 Å². The molecule has 0 fully saturated rings. The molecular formula is C12H14BrFO2. The zero-order chi connectivity index (χ0) is 12.1. The summed E-state index contributed by atoms with van der Waals surface area (Å²) >= 11 is 3.23. The van der Waals surface area contributed by atoms with Gasteiger partial charge in [-0.1, -0.05) is 22.0 Å². The highest BCUT2D eigenvalue weighted by atomic mass is 79.9. The molecule has 0 radical (unpaired) electrons. The Kier molecular flexibility index (Phi) is 5.09. The Balaban J connectivity index is 2.69. The molecule has 1 aromatic carbocycles. The lowest BCUT2D eigenvalue weighted by atomic mass is 10.1. The lowest BCUT2D eigenvalue weighted by Gasteiger charge is -2.11. The Bertz CT molecular complexity index is 379. The van der Waals surface area contributed by atoms with Crippen LogP contribution in [0.25, 0.3) is 0 Å². The molecule has 16 heavy (non-hydrogen) atoms. The van der Waals surface area contributed by atoms with Gasteiger partial charge in [0.2, 0.25) is 0 Å². The third-order valence-electron chi connectivity index (χ3n) is 2.25. The van der Waals surface area contributed by atoms with Crippen LogP contribution in [0.15, 0.2) is 22.7 Å². The third-order valence-corrected chi connectivity index (χ3v) is 2.99. The number of carbonyl (C=O) groups excluding carboxylic acids is 1. The lowest BCUT2D eigenvalue weighted by Crippen LogP contribution is -2.22. The second kappa shape index (κ2) is 6.11. The highest BCUT2D eigenvalue weighted by molar-refractivity contribution is 9.10. The van der Waals surface area contributed by atoms with Crippen molar-refractivity contribution >= 4 is 21.7 Å². The molecule has 0 aliphatic heterocycles. The predicted molar refractivity (Wildman–Crippen MR) is 63.9 cm³/mol. The average molecular weight is 289 g/mol. The van der Waals surface area contributed by atoms with Gasteiger partial charge in [-0.25, -0.2) is 4.39 Å². The highest BCUT2D eigenvalue weighted by Gasteiger charge is 2.14. The standard InChI is InChI=1S/C12H14BrFO2/c1-3-16-8(2)12(15)6-9-4-5-10(14)7-11(9)13/h4-5,7-8H,3,6H2,1-2H3. The Hall–Kier alpha value is -0.740. The maximum atomic E-state index is 12.8. The first-order valence-electron chi connectivity index (χ1n) is 5.12. The fourth-order valence-corrected chi connectivity index (χ4v) is 1.83. The summed E-state index contributed by atoms with van der Waals surface area (Å²) in [5, 5.41) is 0. The highest BCUT2D eigenvalue weighted by Crippen LogP contribution is 2.19. The molecule has 1 atom stereocenters. The summed E-state index contributed by atoms with van der Waals surface area (Å²) in [4.78, 5) is 11.7. The molecule has 0 aliphatic carbocycles. The van der Waals surface area contributed by atoms with Crippen LogP contribution in [0.3, 0.4) is 0 Å². The Morgan fingerprint density at radius 1 is 1.56 bits per heavy atom. The number of carbonyl (C=O) groups is 1. The van der Waals surface area contributed by atoms with Gasteiger partial charge in [-0.3, -0.25) is 4.79 Å². The molecule has 1 aromatic rings. The quantitative estimate of drug-likeness (QED) is 0.832. The van der Waals surface area contributed by atoms with Crippen molar-refractivity contribution < 1.29 is 13.9 Å². The fourth-order valence-electron chi connectivity index (χ4n) is 1.34. The van der Waals surface area contributed by atoms with E-state index in [0.717, 1.165) is 5.56 Å². The molecule has 0 aromatic heterocycles. The number of hydrogen-bond donors (Lipinski definition) is 0. The van der Waals surface area contributed by atoms with Crippen molar-refractivity contribution in [2.75, 3.05) is 6.61 Å². The number of rotatable bonds is 5. The van der Waals surface area contributed by atoms with Gasteiger partial charge >= 0.3 is 0 Å². The zero-order valence-electron chi connectivity index (χ0n) is 9.30. The van der Waals surface area contributed by atoms with E-state index < -0.39 is 6.10 Å². The van der Waals surface area contributed by atoms with Crippen molar-refractivity contribution in [2.45, 2.75) is 26.4 Å². The number of hydrogen-bond acceptors (Lipinski definition) is 2. The summed E-state index contributed by atoms with van der Waals surface area (Å²) in [6, 6.07) is 4.31. The maximum absolute atomic E-state index is 12.8. The second-order valence-electron chi connectivity index (χ2n) is 3.48. The van der Waals surface area contributed by atoms with E-state index in [9.17, 15) is 9.18 Å². The summed E-state index contributed by atoms with van der Waals surface area (Å²) in [7, 11) is 0. The minimum atomic E-state index is -0.415. The summed E-state index contributed by atoms with van der Waals surface area (Å²) in [6.45, 7) is 4.08. The monoisotopic (exact) mass is 288 g/mol. The molecule has 2 nitrogen and oxygen atoms in total. The molecule has 0 amide bonds. The van der Waals surface area contributed by atoms with E-state index in [-0.39, 0.29) is 18.0 Å². The van der Waals surface area contributed by atoms with Crippen LogP contribution in [0.4, 0.5) is 4.39 Å². The van der Waals surface area contributed by atoms with Crippen molar-refractivity contribution in [3.05, 3.63) is 34.1 Å². The molecule has 0 saturated heterocycles. The van der Waals surface area contributed by atoms with Crippen molar-refractivity contribution in [2.24, 2.45) is 0 Å². The first-order chi connectivity index (χ1) is 7.54. The van der Waals surface area contributed by atoms with Crippen LogP contribution in [-0.4, -0.2) is 18.5 Å². The van der Waals surface area contributed by atoms with Gasteiger partial charge in [-0.15, -0.1) is 0 Å². The topological polar surface area (TPSA) is 26.3 Å². The zero-order valence-corrected chi connectivity index (χ0v) is 10.9. The SMILES string of the molecule is CCOC(C)C(=O)Cc1ccc(F)cc1Br. The average Bonchev–Trinajstić information content (AvgIpc) is 2.22. The largest absolute Gasteiger partial charge is 0.371 e. The molecule has 0 bridgehead atoms. The number of Topliss-reactive ketones (excluding diaryl/α,β-unsaturated/α-hetero) is 1. The van der Waals surface area contributed by atoms with E-state index in [1.807, 2.05) is 6.92 Å². The second-order valence-corrected chi connectivity index (χ2v) is 4.33. The minimum Gasteiger partial charge on any atom is -0.371 e. The molecule has 88 valence electrons. The van der Waals surface area contributed by atoms with Crippen molar-refractivity contribution in [1.82, 2.24) is 0 Å². The molecule has 1 rings (SSSR count). The molecule has 0 N–H and O–H groups in total. The number of ether oxygens (including phenoxy) is 1. The van der Waals surface area contributed by atoms with Gasteiger partial charge in [-0.05, 0) is 31.5 Å². The molecule has 0 aliphatic rings. The third kappa shape index (κ3) is 3.68. The van der Waals surface area contributed by atoms with E-state index in [2.05, 4.69) is 15.9 Å². The van der Waals surface area contributed by atoms with Gasteiger partial charge in [0.1, 0.15) is 11.9 Å². The maximum Gasteiger partial charge on any atom is 0.165 e. The Labute approximate surface area is 103 Å². The van der Waals surface area contributed by atoms with Crippen molar-refractivity contribution in [3.63, 3.8) is 0 Å². The molecule has 1 unspecified atom stereocenters. The normalized spacial score (nSPS) is 12.5. The van der Waals surface area contributed by atoms with E-state index >= 15 is 0 Å². The summed E-state index contributed by atoms with van der Waals surface area (Å²) in [5.41, 5.74) is 0.776. The van der Waals surface area contributed by atoms with Gasteiger partial charge in [0.25, 0.3) is 0 Å². The van der Waals surface area contributed by atoms with Crippen LogP contribution >= 0.6 is 15.9 Å². The van der Waals surface area contributed by atoms with Crippen LogP contribution in [0.1, 0.15) is 19.4 Å². The van der Waals surface area contributed by atoms with Crippen LogP contribution in [-0.2, 0) is 16.0 Å². The van der Waals surface area contributed by atoms with Crippen LogP contribution in [0, 0.1) is 5.82 Å². The summed E-state index contributed by atoms with van der Waals surface area (Å²) < 4.78 is 18.6. The molecule has 0 saturated carbocycles. The minimum absolute atomic E-state index is 0.00541.